The quantitative estimate of drug-likeness (QED) is 0.665. The molecule has 2 heterocycles. The fourth-order valence-corrected chi connectivity index (χ4v) is 2.28. The van der Waals surface area contributed by atoms with E-state index >= 15 is 0 Å². The van der Waals surface area contributed by atoms with Gasteiger partial charge in [-0.1, -0.05) is 13.3 Å². The molecular formula is C12H14N2O4S. The van der Waals surface area contributed by atoms with Crippen molar-refractivity contribution < 1.29 is 8.97 Å². The summed E-state index contributed by atoms with van der Waals surface area (Å²) in [4.78, 5) is 29.9. The van der Waals surface area contributed by atoms with Crippen LogP contribution in [0.4, 0.5) is 0 Å². The van der Waals surface area contributed by atoms with Gasteiger partial charge >= 0.3 is 10.8 Å². The molecule has 102 valence electrons. The summed E-state index contributed by atoms with van der Waals surface area (Å²) in [5, 5.41) is 0.274. The van der Waals surface area contributed by atoms with Gasteiger partial charge in [0.05, 0.1) is 0 Å². The third-order valence-electron chi connectivity index (χ3n) is 2.75. The third-order valence-corrected chi connectivity index (χ3v) is 3.48. The highest BCUT2D eigenvalue weighted by molar-refractivity contribution is 7.90. The molecule has 0 aliphatic heterocycles. The van der Waals surface area contributed by atoms with Crippen molar-refractivity contribution in [2.45, 2.75) is 31.3 Å². The average molecular weight is 282 g/mol. The van der Waals surface area contributed by atoms with Crippen LogP contribution in [0, 0.1) is 0 Å². The lowest BCUT2D eigenvalue weighted by Crippen LogP contribution is -2.18. The normalized spacial score (nSPS) is 12.8. The number of nitrogens with zero attached hydrogens (tertiary/aromatic N) is 1. The Morgan fingerprint density at radius 3 is 2.84 bits per heavy atom. The number of unbranched alkanes of at least 4 members (excludes halogenated alkanes) is 1. The minimum absolute atomic E-state index is 0.00768. The molecule has 1 unspecified atom stereocenters. The molecule has 0 amide bonds. The molecule has 0 fully saturated rings. The summed E-state index contributed by atoms with van der Waals surface area (Å²) in [7, 11) is 0. The van der Waals surface area contributed by atoms with Gasteiger partial charge in [-0.15, -0.1) is 4.98 Å². The first-order valence-electron chi connectivity index (χ1n) is 5.93. The number of nitrogens with one attached hydrogen (secondary N) is 1. The number of hydrogen-bond donors (Lipinski definition) is 1. The van der Waals surface area contributed by atoms with Gasteiger partial charge in [-0.25, -0.2) is 4.79 Å². The van der Waals surface area contributed by atoms with E-state index in [2.05, 4.69) is 9.97 Å². The van der Waals surface area contributed by atoms with Crippen LogP contribution in [0.25, 0.3) is 11.1 Å². The Morgan fingerprint density at radius 2 is 2.21 bits per heavy atom. The molecule has 0 bridgehead atoms. The van der Waals surface area contributed by atoms with Gasteiger partial charge in [0.25, 0.3) is 5.56 Å². The summed E-state index contributed by atoms with van der Waals surface area (Å²) in [5.74, 6) is 0. The van der Waals surface area contributed by atoms with E-state index in [4.69, 9.17) is 4.42 Å². The zero-order valence-electron chi connectivity index (χ0n) is 10.7. The number of aromatic amines is 1. The molecule has 2 aromatic heterocycles. The van der Waals surface area contributed by atoms with Crippen LogP contribution in [0.1, 0.15) is 25.3 Å². The Labute approximate surface area is 112 Å². The molecule has 1 N–H and O–H groups in total. The Morgan fingerprint density at radius 1 is 1.47 bits per heavy atom. The van der Waals surface area contributed by atoms with Crippen LogP contribution in [0.5, 0.6) is 0 Å². The fraction of sp³-hybridized carbons (Fsp3) is 0.417. The molecule has 0 radical (unpaired) electrons. The highest BCUT2D eigenvalue weighted by Gasteiger charge is 2.16. The summed E-state index contributed by atoms with van der Waals surface area (Å²) >= 11 is -1.44. The van der Waals surface area contributed by atoms with E-state index < -0.39 is 22.4 Å². The van der Waals surface area contributed by atoms with Crippen molar-refractivity contribution in [3.05, 3.63) is 32.4 Å². The smallest absolute Gasteiger partial charge is 0.337 e. The van der Waals surface area contributed by atoms with Crippen molar-refractivity contribution in [1.82, 2.24) is 9.97 Å². The number of aryl methyl sites for hydroxylation is 1. The highest BCUT2D eigenvalue weighted by Crippen LogP contribution is 2.14. The van der Waals surface area contributed by atoms with Gasteiger partial charge in [0.1, 0.15) is 11.6 Å². The van der Waals surface area contributed by atoms with Crippen LogP contribution in [0.3, 0.4) is 0 Å². The lowest BCUT2D eigenvalue weighted by Gasteiger charge is -2.05. The van der Waals surface area contributed by atoms with E-state index in [9.17, 15) is 14.1 Å². The molecule has 0 aliphatic carbocycles. The maximum atomic E-state index is 12.0. The summed E-state index contributed by atoms with van der Waals surface area (Å²) in [6, 6.07) is 1.32. The number of aromatic nitrogens is 2. The van der Waals surface area contributed by atoms with E-state index in [0.717, 1.165) is 12.8 Å². The fourth-order valence-electron chi connectivity index (χ4n) is 1.83. The van der Waals surface area contributed by atoms with Gasteiger partial charge < -0.3 is 8.97 Å². The number of fused-ring (bicyclic) bond motifs is 1. The van der Waals surface area contributed by atoms with Gasteiger partial charge in [0.15, 0.2) is 0 Å². The van der Waals surface area contributed by atoms with E-state index in [1.807, 2.05) is 6.92 Å². The summed E-state index contributed by atoms with van der Waals surface area (Å²) in [5.41, 5.74) is -0.405. The Balaban J connectivity index is 2.71. The molecule has 6 nitrogen and oxygen atoms in total. The van der Waals surface area contributed by atoms with Crippen LogP contribution in [-0.2, 0) is 17.6 Å². The first-order valence-corrected chi connectivity index (χ1v) is 7.49. The van der Waals surface area contributed by atoms with Crippen LogP contribution in [-0.4, -0.2) is 20.8 Å². The molecule has 2 rings (SSSR count). The van der Waals surface area contributed by atoms with Gasteiger partial charge in [-0.3, -0.25) is 9.78 Å². The van der Waals surface area contributed by atoms with Crippen LogP contribution >= 0.6 is 0 Å². The van der Waals surface area contributed by atoms with E-state index in [-0.39, 0.29) is 16.3 Å². The molecule has 0 saturated carbocycles. The number of H-pyrrole nitrogens is 1. The van der Waals surface area contributed by atoms with Crippen LogP contribution in [0.2, 0.25) is 0 Å². The van der Waals surface area contributed by atoms with E-state index in [0.29, 0.717) is 12.0 Å². The zero-order valence-corrected chi connectivity index (χ0v) is 11.5. The predicted octanol–water partition coefficient (Wildman–Crippen LogP) is 0.956. The first-order chi connectivity index (χ1) is 9.02. The van der Waals surface area contributed by atoms with Gasteiger partial charge in [-0.2, -0.15) is 0 Å². The van der Waals surface area contributed by atoms with Gasteiger partial charge in [-0.05, 0) is 18.4 Å². The van der Waals surface area contributed by atoms with Crippen LogP contribution in [0.15, 0.2) is 25.2 Å². The third kappa shape index (κ3) is 2.87. The minimum atomic E-state index is -1.44. The second-order valence-corrected chi connectivity index (χ2v) is 5.49. The summed E-state index contributed by atoms with van der Waals surface area (Å²) in [6.07, 6.45) is 3.81. The Kier molecular flexibility index (Phi) is 4.06. The monoisotopic (exact) mass is 282 g/mol. The van der Waals surface area contributed by atoms with Crippen molar-refractivity contribution in [2.24, 2.45) is 0 Å². The van der Waals surface area contributed by atoms with Crippen molar-refractivity contribution in [1.29, 1.82) is 0 Å². The Hall–Kier alpha value is -1.60. The molecular weight excluding hydrogens is 268 g/mol. The van der Waals surface area contributed by atoms with Gasteiger partial charge in [0.2, 0.25) is 5.71 Å². The standard InChI is InChI=1S/C12H14N2O4S/c1-3-4-5-7-6-8(15)18-11-9(7)10(16)13-12(14-11)19(2)17/h6H,3-5H2,1-2H3,(H,13,14,16). The number of hydrogen-bond acceptors (Lipinski definition) is 5. The van der Waals surface area contributed by atoms with E-state index in [1.165, 1.54) is 12.3 Å². The second-order valence-electron chi connectivity index (χ2n) is 4.20. The molecule has 1 atom stereocenters. The molecule has 0 saturated heterocycles. The van der Waals surface area contributed by atoms with Crippen LogP contribution < -0.4 is 11.2 Å². The van der Waals surface area contributed by atoms with Gasteiger partial charge in [0, 0.05) is 17.2 Å². The summed E-state index contributed by atoms with van der Waals surface area (Å²) in [6.45, 7) is 2.02. The maximum Gasteiger partial charge on any atom is 0.337 e. The average Bonchev–Trinajstić information content (AvgIpc) is 2.34. The molecule has 7 heteroatoms. The maximum absolute atomic E-state index is 12.0. The predicted molar refractivity (Wildman–Crippen MR) is 71.8 cm³/mol. The molecule has 19 heavy (non-hydrogen) atoms. The summed E-state index contributed by atoms with van der Waals surface area (Å²) < 4.78 is 16.3. The molecule has 0 aliphatic rings. The van der Waals surface area contributed by atoms with Crippen molar-refractivity contribution in [3.8, 4) is 0 Å². The highest BCUT2D eigenvalue weighted by atomic mass is 32.2. The van der Waals surface area contributed by atoms with Crippen molar-refractivity contribution in [2.75, 3.05) is 6.26 Å². The van der Waals surface area contributed by atoms with E-state index in [1.54, 1.807) is 0 Å². The Bertz CT molecular complexity index is 705. The lowest BCUT2D eigenvalue weighted by atomic mass is 10.1. The van der Waals surface area contributed by atoms with Crippen molar-refractivity contribution in [3.63, 3.8) is 0 Å². The van der Waals surface area contributed by atoms with Crippen molar-refractivity contribution >= 4 is 22.3 Å². The minimum Gasteiger partial charge on any atom is -0.609 e. The molecule has 2 aromatic rings. The molecule has 0 spiro atoms. The largest absolute Gasteiger partial charge is 0.609 e. The lowest BCUT2D eigenvalue weighted by molar-refractivity contribution is 0.536. The zero-order chi connectivity index (χ0) is 14.0. The molecule has 0 aromatic carbocycles. The number of rotatable bonds is 4. The topological polar surface area (TPSA) is 99.0 Å². The SMILES string of the molecule is CCCCc1cc(=O)oc2nc([S+](C)[O-])[nH]c(=O)c12. The first kappa shape index (κ1) is 13.8. The second kappa shape index (κ2) is 5.58.